The maximum Gasteiger partial charge on any atom is 0.121 e. The third kappa shape index (κ3) is 2.72. The van der Waals surface area contributed by atoms with E-state index in [9.17, 15) is 0 Å². The Morgan fingerprint density at radius 2 is 1.90 bits per heavy atom. The van der Waals surface area contributed by atoms with Crippen molar-refractivity contribution in [2.75, 3.05) is 7.11 Å². The highest BCUT2D eigenvalue weighted by Gasteiger charge is 2.14. The van der Waals surface area contributed by atoms with Crippen LogP contribution in [0.5, 0.6) is 5.75 Å². The number of benzene rings is 1. The van der Waals surface area contributed by atoms with E-state index in [0.29, 0.717) is 6.04 Å². The first-order valence-electron chi connectivity index (χ1n) is 7.12. The zero-order valence-corrected chi connectivity index (χ0v) is 13.3. The van der Waals surface area contributed by atoms with Crippen molar-refractivity contribution >= 4 is 0 Å². The van der Waals surface area contributed by atoms with Crippen molar-refractivity contribution in [1.82, 2.24) is 9.78 Å². The van der Waals surface area contributed by atoms with Gasteiger partial charge < -0.3 is 4.74 Å². The van der Waals surface area contributed by atoms with Gasteiger partial charge in [-0.15, -0.1) is 0 Å². The van der Waals surface area contributed by atoms with Crippen LogP contribution in [0.3, 0.4) is 0 Å². The largest absolute Gasteiger partial charge is 0.496 e. The van der Waals surface area contributed by atoms with Gasteiger partial charge in [0.2, 0.25) is 0 Å². The standard InChI is InChI=1S/C17H24N2O/c1-11(2)19-14(5)16(13(4)18-19)10-15-7-8-17(20-6)12(3)9-15/h7-9,11H,10H2,1-6H3. The Morgan fingerprint density at radius 3 is 2.40 bits per heavy atom. The monoisotopic (exact) mass is 272 g/mol. The zero-order valence-electron chi connectivity index (χ0n) is 13.3. The minimum atomic E-state index is 0.403. The van der Waals surface area contributed by atoms with Crippen molar-refractivity contribution < 1.29 is 4.74 Å². The summed E-state index contributed by atoms with van der Waals surface area (Å²) in [6.07, 6.45) is 0.926. The van der Waals surface area contributed by atoms with Crippen LogP contribution in [0.2, 0.25) is 0 Å². The minimum Gasteiger partial charge on any atom is -0.496 e. The van der Waals surface area contributed by atoms with E-state index in [1.165, 1.54) is 22.4 Å². The zero-order chi connectivity index (χ0) is 14.9. The molecule has 1 aromatic carbocycles. The smallest absolute Gasteiger partial charge is 0.121 e. The van der Waals surface area contributed by atoms with Crippen molar-refractivity contribution in [2.45, 2.75) is 47.1 Å². The Hall–Kier alpha value is -1.77. The number of hydrogen-bond donors (Lipinski definition) is 0. The van der Waals surface area contributed by atoms with Crippen molar-refractivity contribution in [3.8, 4) is 5.75 Å². The summed E-state index contributed by atoms with van der Waals surface area (Å²) in [5, 5.41) is 4.65. The van der Waals surface area contributed by atoms with E-state index in [2.05, 4.69) is 56.5 Å². The van der Waals surface area contributed by atoms with Crippen LogP contribution in [0.15, 0.2) is 18.2 Å². The van der Waals surface area contributed by atoms with Gasteiger partial charge in [-0.1, -0.05) is 12.1 Å². The molecule has 0 spiro atoms. The third-order valence-corrected chi connectivity index (χ3v) is 3.80. The number of ether oxygens (including phenoxy) is 1. The molecule has 20 heavy (non-hydrogen) atoms. The molecule has 0 saturated heterocycles. The lowest BCUT2D eigenvalue weighted by Crippen LogP contribution is -2.05. The molecule has 0 atom stereocenters. The van der Waals surface area contributed by atoms with Crippen LogP contribution in [0.1, 0.15) is 48.0 Å². The molecule has 0 N–H and O–H groups in total. The fraction of sp³-hybridized carbons (Fsp3) is 0.471. The van der Waals surface area contributed by atoms with Gasteiger partial charge in [-0.25, -0.2) is 0 Å². The highest BCUT2D eigenvalue weighted by atomic mass is 16.5. The summed E-state index contributed by atoms with van der Waals surface area (Å²) >= 11 is 0. The van der Waals surface area contributed by atoms with Crippen molar-refractivity contribution in [3.05, 3.63) is 46.3 Å². The topological polar surface area (TPSA) is 27.1 Å². The summed E-state index contributed by atoms with van der Waals surface area (Å²) in [4.78, 5) is 0. The molecule has 0 unspecified atom stereocenters. The lowest BCUT2D eigenvalue weighted by Gasteiger charge is -2.10. The first kappa shape index (κ1) is 14.6. The van der Waals surface area contributed by atoms with E-state index in [1.54, 1.807) is 7.11 Å². The Kier molecular flexibility index (Phi) is 4.17. The molecule has 3 heteroatoms. The third-order valence-electron chi connectivity index (χ3n) is 3.80. The quantitative estimate of drug-likeness (QED) is 0.841. The first-order chi connectivity index (χ1) is 9.43. The van der Waals surface area contributed by atoms with Gasteiger partial charge in [0.15, 0.2) is 0 Å². The predicted molar refractivity (Wildman–Crippen MR) is 82.6 cm³/mol. The second-order valence-corrected chi connectivity index (χ2v) is 5.67. The number of aromatic nitrogens is 2. The van der Waals surface area contributed by atoms with E-state index < -0.39 is 0 Å². The van der Waals surface area contributed by atoms with Gasteiger partial charge in [0.05, 0.1) is 12.8 Å². The highest BCUT2D eigenvalue weighted by molar-refractivity contribution is 5.39. The van der Waals surface area contributed by atoms with Crippen molar-refractivity contribution in [3.63, 3.8) is 0 Å². The molecule has 2 rings (SSSR count). The lowest BCUT2D eigenvalue weighted by molar-refractivity contribution is 0.411. The second-order valence-electron chi connectivity index (χ2n) is 5.67. The summed E-state index contributed by atoms with van der Waals surface area (Å²) in [5.41, 5.74) is 6.22. The van der Waals surface area contributed by atoms with Crippen LogP contribution in [-0.4, -0.2) is 16.9 Å². The minimum absolute atomic E-state index is 0.403. The number of rotatable bonds is 4. The van der Waals surface area contributed by atoms with Gasteiger partial charge in [0.1, 0.15) is 5.75 Å². The van der Waals surface area contributed by atoms with Gasteiger partial charge in [-0.05, 0) is 51.8 Å². The summed E-state index contributed by atoms with van der Waals surface area (Å²) in [5.74, 6) is 0.945. The van der Waals surface area contributed by atoms with E-state index in [4.69, 9.17) is 4.74 Å². The molecule has 0 fully saturated rings. The molecule has 1 aromatic heterocycles. The molecule has 108 valence electrons. The fourth-order valence-electron chi connectivity index (χ4n) is 2.71. The first-order valence-corrected chi connectivity index (χ1v) is 7.12. The molecule has 0 aliphatic rings. The summed E-state index contributed by atoms with van der Waals surface area (Å²) < 4.78 is 7.43. The van der Waals surface area contributed by atoms with Gasteiger partial charge >= 0.3 is 0 Å². The van der Waals surface area contributed by atoms with E-state index in [0.717, 1.165) is 17.9 Å². The van der Waals surface area contributed by atoms with Crippen LogP contribution >= 0.6 is 0 Å². The molecule has 0 amide bonds. The molecular formula is C17H24N2O. The van der Waals surface area contributed by atoms with Crippen LogP contribution in [0.4, 0.5) is 0 Å². The molecule has 2 aromatic rings. The number of nitrogens with zero attached hydrogens (tertiary/aromatic N) is 2. The Bertz CT molecular complexity index is 612. The maximum absolute atomic E-state index is 5.32. The van der Waals surface area contributed by atoms with Crippen LogP contribution in [0.25, 0.3) is 0 Å². The van der Waals surface area contributed by atoms with E-state index >= 15 is 0 Å². The molecule has 0 aliphatic carbocycles. The average molecular weight is 272 g/mol. The van der Waals surface area contributed by atoms with Gasteiger partial charge in [-0.2, -0.15) is 5.10 Å². The number of hydrogen-bond acceptors (Lipinski definition) is 2. The maximum atomic E-state index is 5.32. The van der Waals surface area contributed by atoms with Crippen LogP contribution in [0, 0.1) is 20.8 Å². The normalized spacial score (nSPS) is 11.2. The Balaban J connectivity index is 2.33. The van der Waals surface area contributed by atoms with Gasteiger partial charge in [-0.3, -0.25) is 4.68 Å². The van der Waals surface area contributed by atoms with Gasteiger partial charge in [0.25, 0.3) is 0 Å². The Morgan fingerprint density at radius 1 is 1.20 bits per heavy atom. The average Bonchev–Trinajstić information content (AvgIpc) is 2.67. The lowest BCUT2D eigenvalue weighted by atomic mass is 10.0. The molecule has 0 saturated carbocycles. The molecule has 0 aliphatic heterocycles. The van der Waals surface area contributed by atoms with Crippen LogP contribution in [-0.2, 0) is 6.42 Å². The van der Waals surface area contributed by atoms with E-state index in [-0.39, 0.29) is 0 Å². The fourth-order valence-corrected chi connectivity index (χ4v) is 2.71. The van der Waals surface area contributed by atoms with Crippen molar-refractivity contribution in [1.29, 1.82) is 0 Å². The summed E-state index contributed by atoms with van der Waals surface area (Å²) in [6.45, 7) is 10.7. The molecular weight excluding hydrogens is 248 g/mol. The SMILES string of the molecule is COc1ccc(Cc2c(C)nn(C(C)C)c2C)cc1C. The molecule has 0 bridgehead atoms. The predicted octanol–water partition coefficient (Wildman–Crippen LogP) is 3.99. The second kappa shape index (κ2) is 5.70. The summed E-state index contributed by atoms with van der Waals surface area (Å²) in [6, 6.07) is 6.78. The molecule has 0 radical (unpaired) electrons. The van der Waals surface area contributed by atoms with Crippen LogP contribution < -0.4 is 4.74 Å². The summed E-state index contributed by atoms with van der Waals surface area (Å²) in [7, 11) is 1.71. The molecule has 1 heterocycles. The van der Waals surface area contributed by atoms with E-state index in [1.807, 2.05) is 6.07 Å². The number of methoxy groups -OCH3 is 1. The number of aryl methyl sites for hydroxylation is 2. The Labute approximate surface area is 121 Å². The molecule has 3 nitrogen and oxygen atoms in total. The van der Waals surface area contributed by atoms with Gasteiger partial charge in [0, 0.05) is 23.7 Å². The highest BCUT2D eigenvalue weighted by Crippen LogP contribution is 2.24. The van der Waals surface area contributed by atoms with Crippen molar-refractivity contribution in [2.24, 2.45) is 0 Å².